The predicted molar refractivity (Wildman–Crippen MR) is 463 cm³/mol. The van der Waals surface area contributed by atoms with E-state index < -0.39 is 9.84 Å². The normalized spacial score (nSPS) is 13.7. The summed E-state index contributed by atoms with van der Waals surface area (Å²) in [6.45, 7) is 55.6. The van der Waals surface area contributed by atoms with Crippen molar-refractivity contribution in [2.24, 2.45) is 10.2 Å². The number of imidazole rings is 2. The molecule has 2 aliphatic heterocycles. The number of hydrogen-bond acceptors (Lipinski definition) is 11. The minimum absolute atomic E-state index is 0.0207. The Morgan fingerprint density at radius 1 is 0.422 bits per heavy atom. The van der Waals surface area contributed by atoms with Gasteiger partial charge in [-0.15, -0.1) is 11.3 Å². The Labute approximate surface area is 654 Å². The molecule has 109 heavy (non-hydrogen) atoms. The van der Waals surface area contributed by atoms with Crippen LogP contribution in [0.15, 0.2) is 209 Å². The lowest BCUT2D eigenvalue weighted by Gasteiger charge is -2.22. The number of pyridine rings is 1. The summed E-state index contributed by atoms with van der Waals surface area (Å²) in [5, 5.41) is 11.7. The number of nitrogens with zero attached hydrogens (tertiary/aromatic N) is 8. The Kier molecular flexibility index (Phi) is 25.7. The van der Waals surface area contributed by atoms with Gasteiger partial charge in [-0.2, -0.15) is 10.2 Å². The van der Waals surface area contributed by atoms with Crippen molar-refractivity contribution in [2.75, 3.05) is 0 Å². The number of nitrogens with one attached hydrogen (secondary N) is 2. The van der Waals surface area contributed by atoms with Gasteiger partial charge >= 0.3 is 0 Å². The molecule has 0 saturated heterocycles. The lowest BCUT2D eigenvalue weighted by atomic mass is 9.83. The van der Waals surface area contributed by atoms with E-state index in [1.807, 2.05) is 54.7 Å². The predicted octanol–water partition coefficient (Wildman–Crippen LogP) is 25.9. The molecule has 7 heterocycles. The van der Waals surface area contributed by atoms with E-state index in [0.717, 1.165) is 78.3 Å². The van der Waals surface area contributed by atoms with Crippen LogP contribution in [0.25, 0.3) is 60.3 Å². The highest BCUT2D eigenvalue weighted by Gasteiger charge is 2.26. The van der Waals surface area contributed by atoms with Gasteiger partial charge in [0.2, 0.25) is 0 Å². The molecule has 3 aliphatic rings. The van der Waals surface area contributed by atoms with Crippen LogP contribution in [0.1, 0.15) is 245 Å². The first-order chi connectivity index (χ1) is 50.7. The van der Waals surface area contributed by atoms with Gasteiger partial charge in [0.15, 0.2) is 9.84 Å². The largest absolute Gasteiger partial charge is 0.345 e. The molecule has 0 radical (unpaired) electrons. The Bertz CT molecular complexity index is 5330. The monoisotopic (exact) mass is 1490 g/mol. The summed E-state index contributed by atoms with van der Waals surface area (Å²) in [6.07, 6.45) is 12.7. The smallest absolute Gasteiger partial charge is 0.200 e. The fourth-order valence-electron chi connectivity index (χ4n) is 12.5. The van der Waals surface area contributed by atoms with Crippen molar-refractivity contribution in [1.29, 1.82) is 0 Å². The van der Waals surface area contributed by atoms with Crippen LogP contribution >= 0.6 is 11.3 Å². The van der Waals surface area contributed by atoms with Crippen molar-refractivity contribution in [3.8, 4) is 0 Å². The highest BCUT2D eigenvalue weighted by molar-refractivity contribution is 7.94. The highest BCUT2D eigenvalue weighted by Crippen LogP contribution is 2.37. The molecule has 0 unspecified atom stereocenters. The third kappa shape index (κ3) is 22.7. The first kappa shape index (κ1) is 83.7. The number of hydrogen-bond donors (Lipinski definition) is 2. The number of aromatic amines is 2. The van der Waals surface area contributed by atoms with E-state index in [4.69, 9.17) is 0 Å². The maximum Gasteiger partial charge on any atom is 0.200 e. The van der Waals surface area contributed by atoms with Crippen molar-refractivity contribution < 1.29 is 8.42 Å². The number of thiazole rings is 1. The average Bonchev–Trinajstić information content (AvgIpc) is 1.67. The van der Waals surface area contributed by atoms with Gasteiger partial charge in [-0.05, 0) is 199 Å². The van der Waals surface area contributed by atoms with Crippen molar-refractivity contribution in [3.63, 3.8) is 0 Å². The third-order valence-corrected chi connectivity index (χ3v) is 21.9. The molecule has 8 aromatic carbocycles. The zero-order chi connectivity index (χ0) is 79.9. The summed E-state index contributed by atoms with van der Waals surface area (Å²) in [7, 11) is -3.17. The van der Waals surface area contributed by atoms with E-state index >= 15 is 0 Å². The molecule has 572 valence electrons. The summed E-state index contributed by atoms with van der Waals surface area (Å²) < 4.78 is 24.6. The number of aryl methyl sites for hydroxylation is 2. The Balaban J connectivity index is 0.000000144. The molecule has 0 atom stereocenters. The number of fused-ring (bicyclic) bond motifs is 8. The summed E-state index contributed by atoms with van der Waals surface area (Å²) in [5.74, 6) is 1.05. The molecule has 5 aromatic heterocycles. The molecule has 0 fully saturated rings. The quantitative estimate of drug-likeness (QED) is 0.151. The number of sulfone groups is 1. The SMILES string of the molecule is CC(C)(C)c1ccc2c(c1)N=NC2.CC(C)(C)c1ccc2c(c1)S(=O)(=O)C=C2.CC(C)(C)c1ccc2nc[nH]c2c1.CC(C)(C)c1ccc2nccnc2c1.CC(C)(C)c1cccc2c1CCC2.CC(C)(C)c1cnc2ccccc2c1.CC(C)(C)c1nc2ccccc2[nH]1.Cc1nc2cc(C(C)(C)C)ccc2s1. The standard InChI is InChI=1S/C13H15N.C13H18.C12H14N2.C12H15NS.C12H14O2S.3C11H14N2/c1-13(2,3)11-8-10-6-4-5-7-12(10)14-9-11;1-13(2,3)12-9-5-7-10-6-4-8-11(10)12;1-12(2,3)9-4-5-10-11(8-9)14-7-6-13-10;1-8-13-10-7-9(12(2,3)4)5-6-11(10)14-8;1-12(2,3)10-5-4-9-6-7-15(13,14)11(9)8-10;1-11(2,3)9-5-4-8-7-12-13-10(8)6-9;1-11(2,3)8-4-5-9-10(6-8)13-7-12-9;1-11(2,3)10-12-8-6-4-5-7-9(8)13-10/h4-9H,1-3H3;5,7,9H,4,6,8H2,1-3H3;4-8H,1-3H3;5-7H,1-4H3;4-8H,1-3H3;4-6H,7H2,1-3H3;2*4-7H,1-3H3,(H,12,13). The Morgan fingerprint density at radius 2 is 0.982 bits per heavy atom. The second kappa shape index (κ2) is 33.5. The first-order valence-corrected chi connectivity index (χ1v) is 40.6. The van der Waals surface area contributed by atoms with Crippen LogP contribution in [-0.4, -0.2) is 48.3 Å². The van der Waals surface area contributed by atoms with Gasteiger partial charge in [-0.3, -0.25) is 15.0 Å². The van der Waals surface area contributed by atoms with Crippen LogP contribution < -0.4 is 0 Å². The summed E-state index contributed by atoms with van der Waals surface area (Å²) in [6, 6.07) is 56.7. The molecule has 12 nitrogen and oxygen atoms in total. The summed E-state index contributed by atoms with van der Waals surface area (Å²) in [5.41, 5.74) is 25.3. The molecule has 14 heteroatoms. The van der Waals surface area contributed by atoms with E-state index in [9.17, 15) is 8.42 Å². The number of para-hydroxylation sites is 3. The molecular formula is C95H118N10O2S2. The molecule has 13 aromatic rings. The number of aromatic nitrogens is 8. The topological polar surface area (TPSA) is 168 Å². The van der Waals surface area contributed by atoms with E-state index in [-0.39, 0.29) is 37.9 Å². The van der Waals surface area contributed by atoms with Gasteiger partial charge in [-0.25, -0.2) is 23.4 Å². The van der Waals surface area contributed by atoms with Gasteiger partial charge in [0, 0.05) is 40.4 Å². The van der Waals surface area contributed by atoms with Gasteiger partial charge in [0.05, 0.1) is 77.3 Å². The number of benzene rings is 8. The molecule has 16 rings (SSSR count). The Hall–Kier alpha value is -9.37. The highest BCUT2D eigenvalue weighted by atomic mass is 32.2. The maximum atomic E-state index is 11.6. The molecule has 2 N–H and O–H groups in total. The van der Waals surface area contributed by atoms with E-state index in [1.54, 1.807) is 58.9 Å². The minimum atomic E-state index is -3.17. The summed E-state index contributed by atoms with van der Waals surface area (Å²) >= 11 is 1.76. The minimum Gasteiger partial charge on any atom is -0.345 e. The van der Waals surface area contributed by atoms with Crippen LogP contribution in [0.4, 0.5) is 5.69 Å². The van der Waals surface area contributed by atoms with E-state index in [1.165, 1.54) is 68.1 Å². The molecular weight excluding hydrogens is 1380 g/mol. The van der Waals surface area contributed by atoms with Crippen molar-refractivity contribution >= 4 is 87.2 Å². The van der Waals surface area contributed by atoms with Gasteiger partial charge in [-0.1, -0.05) is 257 Å². The van der Waals surface area contributed by atoms with Crippen LogP contribution in [0.5, 0.6) is 0 Å². The van der Waals surface area contributed by atoms with Crippen molar-refractivity contribution in [2.45, 2.75) is 247 Å². The van der Waals surface area contributed by atoms with E-state index in [0.29, 0.717) is 10.3 Å². The Morgan fingerprint density at radius 3 is 1.61 bits per heavy atom. The second-order valence-electron chi connectivity index (χ2n) is 37.0. The first-order valence-electron chi connectivity index (χ1n) is 38.3. The zero-order valence-corrected chi connectivity index (χ0v) is 71.2. The van der Waals surface area contributed by atoms with Gasteiger partial charge in [0.25, 0.3) is 0 Å². The number of H-pyrrole nitrogens is 2. The maximum absolute atomic E-state index is 11.6. The van der Waals surface area contributed by atoms with Crippen LogP contribution in [-0.2, 0) is 72.5 Å². The van der Waals surface area contributed by atoms with Crippen LogP contribution in [0.3, 0.4) is 0 Å². The molecule has 1 aliphatic carbocycles. The van der Waals surface area contributed by atoms with Crippen molar-refractivity contribution in [3.05, 3.63) is 266 Å². The lowest BCUT2D eigenvalue weighted by Crippen LogP contribution is -2.13. The summed E-state index contributed by atoms with van der Waals surface area (Å²) in [4.78, 5) is 33.1. The van der Waals surface area contributed by atoms with Crippen molar-refractivity contribution in [1.82, 2.24) is 39.9 Å². The van der Waals surface area contributed by atoms with Gasteiger partial charge < -0.3 is 9.97 Å². The molecule has 0 amide bonds. The van der Waals surface area contributed by atoms with E-state index in [2.05, 4.69) is 332 Å². The molecule has 0 bridgehead atoms. The molecule has 0 spiro atoms. The number of rotatable bonds is 0. The fourth-order valence-corrected chi connectivity index (χ4v) is 14.6. The average molecular weight is 1500 g/mol. The lowest BCUT2D eigenvalue weighted by molar-refractivity contribution is 0.554. The van der Waals surface area contributed by atoms with Crippen LogP contribution in [0, 0.1) is 6.92 Å². The zero-order valence-electron chi connectivity index (χ0n) is 69.6. The number of azo groups is 1. The fraction of sp³-hybridized carbons (Fsp3) is 0.389. The van der Waals surface area contributed by atoms with Crippen LogP contribution in [0.2, 0.25) is 0 Å². The second-order valence-corrected chi connectivity index (χ2v) is 40.0. The molecule has 0 saturated carbocycles. The third-order valence-electron chi connectivity index (χ3n) is 19.5. The van der Waals surface area contributed by atoms with Gasteiger partial charge in [0.1, 0.15) is 5.82 Å².